The van der Waals surface area contributed by atoms with E-state index >= 15 is 0 Å². The number of hydrogen-bond donors (Lipinski definition) is 0. The standard InChI is InChI=1S/C5H5.C4H9.Fe/c1-2-4-5-3-1;1-3-4-2;/h1-5H;1,3-4H2,2H3;/q2*-1;+2. The van der Waals surface area contributed by atoms with Crippen molar-refractivity contribution in [3.63, 3.8) is 0 Å². The van der Waals surface area contributed by atoms with Crippen molar-refractivity contribution in [1.29, 1.82) is 0 Å². The molecule has 0 aliphatic carbocycles. The zero-order valence-electron chi connectivity index (χ0n) is 6.36. The first-order valence-corrected chi connectivity index (χ1v) is 3.37. The smallest absolute Gasteiger partial charge is 0.343 e. The van der Waals surface area contributed by atoms with Crippen LogP contribution < -0.4 is 0 Å². The van der Waals surface area contributed by atoms with Crippen LogP contribution >= 0.6 is 0 Å². The van der Waals surface area contributed by atoms with Gasteiger partial charge in [-0.05, 0) is 0 Å². The zero-order chi connectivity index (χ0) is 6.95. The third kappa shape index (κ3) is 10.8. The predicted octanol–water partition coefficient (Wildman–Crippen LogP) is 3.02. The van der Waals surface area contributed by atoms with E-state index in [1.807, 2.05) is 30.3 Å². The first kappa shape index (κ1) is 12.5. The molecule has 0 aliphatic rings. The molecule has 58 valence electrons. The van der Waals surface area contributed by atoms with Crippen molar-refractivity contribution in [2.24, 2.45) is 0 Å². The molecule has 0 amide bonds. The molecule has 1 rings (SSSR count). The monoisotopic (exact) mass is 178 g/mol. The molecule has 10 heavy (non-hydrogen) atoms. The summed E-state index contributed by atoms with van der Waals surface area (Å²) >= 11 is 0. The van der Waals surface area contributed by atoms with E-state index < -0.39 is 0 Å². The van der Waals surface area contributed by atoms with Crippen molar-refractivity contribution in [3.05, 3.63) is 37.3 Å². The van der Waals surface area contributed by atoms with E-state index in [0.29, 0.717) is 0 Å². The largest absolute Gasteiger partial charge is 2.00 e. The van der Waals surface area contributed by atoms with Crippen molar-refractivity contribution < 1.29 is 17.1 Å². The van der Waals surface area contributed by atoms with Crippen LogP contribution in [0.1, 0.15) is 19.8 Å². The Morgan fingerprint density at radius 1 is 1.30 bits per heavy atom. The van der Waals surface area contributed by atoms with Crippen LogP contribution in [-0.4, -0.2) is 0 Å². The van der Waals surface area contributed by atoms with Crippen LogP contribution in [0.2, 0.25) is 0 Å². The number of unbranched alkanes of at least 4 members (excludes halogenated alkanes) is 1. The molecule has 1 aromatic rings. The molecule has 0 atom stereocenters. The fraction of sp³-hybridized carbons (Fsp3) is 0.333. The van der Waals surface area contributed by atoms with Gasteiger partial charge in [0.25, 0.3) is 0 Å². The van der Waals surface area contributed by atoms with Gasteiger partial charge in [-0.15, -0.1) is 0 Å². The predicted molar refractivity (Wildman–Crippen MR) is 42.3 cm³/mol. The van der Waals surface area contributed by atoms with E-state index in [1.54, 1.807) is 0 Å². The molecule has 0 nitrogen and oxygen atoms in total. The Morgan fingerprint density at radius 2 is 1.70 bits per heavy atom. The Balaban J connectivity index is 0. The summed E-state index contributed by atoms with van der Waals surface area (Å²) in [5, 5.41) is 0. The van der Waals surface area contributed by atoms with Crippen molar-refractivity contribution in [2.45, 2.75) is 19.8 Å². The van der Waals surface area contributed by atoms with Crippen LogP contribution in [0.25, 0.3) is 0 Å². The normalized spacial score (nSPS) is 7.00. The molecule has 0 saturated heterocycles. The molecule has 1 aromatic carbocycles. The van der Waals surface area contributed by atoms with Gasteiger partial charge in [0.05, 0.1) is 0 Å². The van der Waals surface area contributed by atoms with Gasteiger partial charge < -0.3 is 6.92 Å². The van der Waals surface area contributed by atoms with E-state index in [2.05, 4.69) is 13.8 Å². The minimum atomic E-state index is 0. The second kappa shape index (κ2) is 11.6. The minimum Gasteiger partial charge on any atom is -0.343 e. The summed E-state index contributed by atoms with van der Waals surface area (Å²) in [5.74, 6) is 0. The Bertz CT molecular complexity index is 80.3. The molecule has 0 N–H and O–H groups in total. The molecule has 0 aliphatic heterocycles. The molecule has 0 fully saturated rings. The van der Waals surface area contributed by atoms with Crippen LogP contribution in [-0.2, 0) is 17.1 Å². The first-order chi connectivity index (χ1) is 4.41. The quantitative estimate of drug-likeness (QED) is 0.458. The summed E-state index contributed by atoms with van der Waals surface area (Å²) in [6.45, 7) is 5.72. The molecule has 0 unspecified atom stereocenters. The molecule has 0 spiro atoms. The van der Waals surface area contributed by atoms with Gasteiger partial charge in [-0.25, -0.2) is 12.1 Å². The van der Waals surface area contributed by atoms with Crippen molar-refractivity contribution in [2.75, 3.05) is 0 Å². The summed E-state index contributed by atoms with van der Waals surface area (Å²) < 4.78 is 0. The Morgan fingerprint density at radius 3 is 1.80 bits per heavy atom. The average molecular weight is 178 g/mol. The molecular weight excluding hydrogens is 164 g/mol. The van der Waals surface area contributed by atoms with Crippen LogP contribution in [0.4, 0.5) is 0 Å². The van der Waals surface area contributed by atoms with Gasteiger partial charge in [0, 0.05) is 0 Å². The van der Waals surface area contributed by atoms with Crippen LogP contribution in [0.5, 0.6) is 0 Å². The maximum Gasteiger partial charge on any atom is 2.00 e. The van der Waals surface area contributed by atoms with Gasteiger partial charge >= 0.3 is 17.1 Å². The third-order valence-corrected chi connectivity index (χ3v) is 0.909. The third-order valence-electron chi connectivity index (χ3n) is 0.909. The van der Waals surface area contributed by atoms with Gasteiger partial charge in [0.1, 0.15) is 0 Å². The van der Waals surface area contributed by atoms with E-state index in [-0.39, 0.29) is 17.1 Å². The van der Waals surface area contributed by atoms with E-state index in [9.17, 15) is 0 Å². The van der Waals surface area contributed by atoms with Gasteiger partial charge in [0.2, 0.25) is 0 Å². The van der Waals surface area contributed by atoms with Crippen LogP contribution in [0.3, 0.4) is 0 Å². The SMILES string of the molecule is [CH2-]CCC.[Fe+2].c1cc[cH-]c1. The van der Waals surface area contributed by atoms with E-state index in [4.69, 9.17) is 0 Å². The van der Waals surface area contributed by atoms with Crippen LogP contribution in [0.15, 0.2) is 30.3 Å². The molecule has 0 aromatic heterocycles. The summed E-state index contributed by atoms with van der Waals surface area (Å²) in [5.41, 5.74) is 0. The van der Waals surface area contributed by atoms with Crippen molar-refractivity contribution in [1.82, 2.24) is 0 Å². The van der Waals surface area contributed by atoms with E-state index in [0.717, 1.165) is 6.42 Å². The Hall–Kier alpha value is -0.131. The molecule has 0 saturated carbocycles. The van der Waals surface area contributed by atoms with Crippen molar-refractivity contribution >= 4 is 0 Å². The number of hydrogen-bond acceptors (Lipinski definition) is 0. The number of rotatable bonds is 1. The summed E-state index contributed by atoms with van der Waals surface area (Å²) in [4.78, 5) is 0. The molecule has 0 bridgehead atoms. The molecule has 0 radical (unpaired) electrons. The second-order valence-corrected chi connectivity index (χ2v) is 1.82. The topological polar surface area (TPSA) is 0 Å². The van der Waals surface area contributed by atoms with Gasteiger partial charge in [-0.2, -0.15) is 24.6 Å². The second-order valence-electron chi connectivity index (χ2n) is 1.82. The fourth-order valence-electron chi connectivity index (χ4n) is 0.321. The maximum atomic E-state index is 3.60. The van der Waals surface area contributed by atoms with Gasteiger partial charge in [-0.1, -0.05) is 13.3 Å². The molecule has 1 heteroatoms. The Labute approximate surface area is 74.5 Å². The minimum absolute atomic E-state index is 0. The summed E-state index contributed by atoms with van der Waals surface area (Å²) in [6, 6.07) is 10.0. The summed E-state index contributed by atoms with van der Waals surface area (Å²) in [6.07, 6.45) is 2.28. The summed E-state index contributed by atoms with van der Waals surface area (Å²) in [7, 11) is 0. The van der Waals surface area contributed by atoms with Crippen molar-refractivity contribution in [3.8, 4) is 0 Å². The average Bonchev–Trinajstić information content (AvgIpc) is 2.43. The molecule has 0 heterocycles. The molecular formula is C9H14Fe. The zero-order valence-corrected chi connectivity index (χ0v) is 7.47. The van der Waals surface area contributed by atoms with Gasteiger partial charge in [0.15, 0.2) is 0 Å². The maximum absolute atomic E-state index is 3.60. The fourth-order valence-corrected chi connectivity index (χ4v) is 0.321. The first-order valence-electron chi connectivity index (χ1n) is 3.37. The van der Waals surface area contributed by atoms with Crippen LogP contribution in [0, 0.1) is 6.92 Å². The van der Waals surface area contributed by atoms with Gasteiger partial charge in [-0.3, -0.25) is 0 Å². The Kier molecular flexibility index (Phi) is 14.6. The van der Waals surface area contributed by atoms with E-state index in [1.165, 1.54) is 6.42 Å².